The van der Waals surface area contributed by atoms with Crippen LogP contribution in [0.15, 0.2) is 24.3 Å². The summed E-state index contributed by atoms with van der Waals surface area (Å²) in [5.41, 5.74) is 2.65. The molecule has 0 bridgehead atoms. The van der Waals surface area contributed by atoms with Crippen LogP contribution in [-0.2, 0) is 11.2 Å². The van der Waals surface area contributed by atoms with E-state index in [1.807, 2.05) is 0 Å². The van der Waals surface area contributed by atoms with Gasteiger partial charge in [0, 0.05) is 6.42 Å². The number of rotatable bonds is 5. The fraction of sp³-hybridized carbons (Fsp3) is 0.625. The van der Waals surface area contributed by atoms with Crippen molar-refractivity contribution in [2.45, 2.75) is 51.7 Å². The molecule has 0 fully saturated rings. The molecule has 0 radical (unpaired) electrons. The number of fused-ring (bicyclic) bond motifs is 1. The molecule has 1 aromatic rings. The van der Waals surface area contributed by atoms with E-state index >= 15 is 0 Å². The third-order valence-electron chi connectivity index (χ3n) is 4.14. The monoisotopic (exact) mass is 248 g/mol. The van der Waals surface area contributed by atoms with Gasteiger partial charge in [-0.25, -0.2) is 0 Å². The Kier molecular flexibility index (Phi) is 4.79. The lowest BCUT2D eigenvalue weighted by Crippen LogP contribution is -2.26. The summed E-state index contributed by atoms with van der Waals surface area (Å²) in [7, 11) is 0. The lowest BCUT2D eigenvalue weighted by molar-refractivity contribution is -0.0127. The predicted octanol–water partition coefficient (Wildman–Crippen LogP) is 3.49. The lowest BCUT2D eigenvalue weighted by atomic mass is 9.88. The molecule has 0 aromatic heterocycles. The summed E-state index contributed by atoms with van der Waals surface area (Å²) in [6.07, 6.45) is 3.61. The molecule has 1 aliphatic heterocycles. The number of aliphatic hydroxyl groups excluding tert-OH is 1. The number of hydrogen-bond donors (Lipinski definition) is 1. The molecule has 0 aliphatic carbocycles. The average Bonchev–Trinajstić information content (AvgIpc) is 2.40. The van der Waals surface area contributed by atoms with Gasteiger partial charge in [0.25, 0.3) is 0 Å². The highest BCUT2D eigenvalue weighted by Crippen LogP contribution is 2.32. The maximum Gasteiger partial charge on any atom is 0.0852 e. The van der Waals surface area contributed by atoms with E-state index in [4.69, 9.17) is 4.74 Å². The summed E-state index contributed by atoms with van der Waals surface area (Å²) < 4.78 is 5.85. The van der Waals surface area contributed by atoms with Gasteiger partial charge in [-0.2, -0.15) is 0 Å². The Hall–Kier alpha value is -0.860. The van der Waals surface area contributed by atoms with Gasteiger partial charge in [0.2, 0.25) is 0 Å². The number of aliphatic hydroxyl groups is 1. The normalized spacial score (nSPS) is 20.8. The molecule has 0 saturated heterocycles. The summed E-state index contributed by atoms with van der Waals surface area (Å²) in [5, 5.41) is 10.3. The van der Waals surface area contributed by atoms with Crippen LogP contribution in [0.1, 0.15) is 50.3 Å². The second kappa shape index (κ2) is 6.35. The fourth-order valence-electron chi connectivity index (χ4n) is 2.92. The molecule has 2 nitrogen and oxygen atoms in total. The van der Waals surface area contributed by atoms with Crippen LogP contribution < -0.4 is 0 Å². The highest BCUT2D eigenvalue weighted by atomic mass is 16.5. The molecule has 18 heavy (non-hydrogen) atoms. The van der Waals surface area contributed by atoms with Crippen LogP contribution in [0.3, 0.4) is 0 Å². The van der Waals surface area contributed by atoms with E-state index in [0.717, 1.165) is 32.3 Å². The quantitative estimate of drug-likeness (QED) is 0.864. The molecule has 100 valence electrons. The third kappa shape index (κ3) is 2.93. The molecule has 1 aromatic carbocycles. The Bertz CT molecular complexity index is 371. The van der Waals surface area contributed by atoms with Gasteiger partial charge in [0.05, 0.1) is 18.8 Å². The molecular formula is C16H24O2. The minimum absolute atomic E-state index is 0.0746. The topological polar surface area (TPSA) is 29.5 Å². The van der Waals surface area contributed by atoms with Gasteiger partial charge < -0.3 is 9.84 Å². The van der Waals surface area contributed by atoms with E-state index < -0.39 is 0 Å². The Morgan fingerprint density at radius 3 is 2.72 bits per heavy atom. The van der Waals surface area contributed by atoms with Crippen LogP contribution in [0.2, 0.25) is 0 Å². The van der Waals surface area contributed by atoms with E-state index in [9.17, 15) is 5.11 Å². The fourth-order valence-corrected chi connectivity index (χ4v) is 2.92. The largest absolute Gasteiger partial charge is 0.393 e. The zero-order valence-electron chi connectivity index (χ0n) is 11.4. The second-order valence-corrected chi connectivity index (χ2v) is 5.19. The van der Waals surface area contributed by atoms with Crippen molar-refractivity contribution in [3.8, 4) is 0 Å². The van der Waals surface area contributed by atoms with E-state index in [1.165, 1.54) is 11.1 Å². The molecule has 0 amide bonds. The molecule has 0 spiro atoms. The first-order valence-corrected chi connectivity index (χ1v) is 7.13. The van der Waals surface area contributed by atoms with Gasteiger partial charge in [-0.3, -0.25) is 0 Å². The maximum absolute atomic E-state index is 10.3. The summed E-state index contributed by atoms with van der Waals surface area (Å²) in [5.74, 6) is 0.391. The van der Waals surface area contributed by atoms with E-state index in [-0.39, 0.29) is 12.2 Å². The predicted molar refractivity (Wildman–Crippen MR) is 73.5 cm³/mol. The zero-order valence-corrected chi connectivity index (χ0v) is 11.4. The molecule has 1 aliphatic rings. The van der Waals surface area contributed by atoms with Crippen molar-refractivity contribution in [3.05, 3.63) is 35.4 Å². The summed E-state index contributed by atoms with van der Waals surface area (Å²) >= 11 is 0. The van der Waals surface area contributed by atoms with E-state index in [1.54, 1.807) is 0 Å². The molecule has 2 heteroatoms. The molecule has 2 atom stereocenters. The smallest absolute Gasteiger partial charge is 0.0852 e. The van der Waals surface area contributed by atoms with Crippen molar-refractivity contribution in [2.75, 3.05) is 6.61 Å². The first-order chi connectivity index (χ1) is 8.76. The lowest BCUT2D eigenvalue weighted by Gasteiger charge is -2.30. The summed E-state index contributed by atoms with van der Waals surface area (Å²) in [6, 6.07) is 8.45. The summed E-state index contributed by atoms with van der Waals surface area (Å²) in [6.45, 7) is 5.07. The number of hydrogen-bond acceptors (Lipinski definition) is 2. The van der Waals surface area contributed by atoms with Gasteiger partial charge in [-0.1, -0.05) is 51.0 Å². The van der Waals surface area contributed by atoms with Crippen molar-refractivity contribution in [1.82, 2.24) is 0 Å². The first-order valence-electron chi connectivity index (χ1n) is 7.13. The standard InChI is InChI=1S/C16H24O2/c1-3-12(4-2)15(17)11-16-14-8-6-5-7-13(14)9-10-18-16/h5-8,12,15-17H,3-4,9-11H2,1-2H3. The highest BCUT2D eigenvalue weighted by molar-refractivity contribution is 5.30. The molecule has 2 unspecified atom stereocenters. The van der Waals surface area contributed by atoms with Crippen LogP contribution in [0.5, 0.6) is 0 Å². The maximum atomic E-state index is 10.3. The molecule has 2 rings (SSSR count). The minimum Gasteiger partial charge on any atom is -0.393 e. The summed E-state index contributed by atoms with van der Waals surface area (Å²) in [4.78, 5) is 0. The minimum atomic E-state index is -0.254. The van der Waals surface area contributed by atoms with Gasteiger partial charge in [-0.05, 0) is 23.5 Å². The van der Waals surface area contributed by atoms with Crippen molar-refractivity contribution in [3.63, 3.8) is 0 Å². The van der Waals surface area contributed by atoms with Crippen molar-refractivity contribution < 1.29 is 9.84 Å². The molecule has 1 heterocycles. The Balaban J connectivity index is 2.07. The van der Waals surface area contributed by atoms with E-state index in [0.29, 0.717) is 5.92 Å². The molecule has 0 saturated carbocycles. The van der Waals surface area contributed by atoms with Crippen molar-refractivity contribution >= 4 is 0 Å². The van der Waals surface area contributed by atoms with Gasteiger partial charge in [0.1, 0.15) is 0 Å². The Morgan fingerprint density at radius 1 is 1.28 bits per heavy atom. The average molecular weight is 248 g/mol. The first kappa shape index (κ1) is 13.6. The Labute approximate surface area is 110 Å². The molecular weight excluding hydrogens is 224 g/mol. The van der Waals surface area contributed by atoms with Crippen LogP contribution in [-0.4, -0.2) is 17.8 Å². The van der Waals surface area contributed by atoms with Crippen LogP contribution in [0.25, 0.3) is 0 Å². The number of benzene rings is 1. The SMILES string of the molecule is CCC(CC)C(O)CC1OCCc2ccccc21. The van der Waals surface area contributed by atoms with Crippen LogP contribution >= 0.6 is 0 Å². The van der Waals surface area contributed by atoms with Gasteiger partial charge in [0.15, 0.2) is 0 Å². The van der Waals surface area contributed by atoms with Crippen LogP contribution in [0.4, 0.5) is 0 Å². The van der Waals surface area contributed by atoms with Crippen molar-refractivity contribution in [1.29, 1.82) is 0 Å². The van der Waals surface area contributed by atoms with Gasteiger partial charge >= 0.3 is 0 Å². The Morgan fingerprint density at radius 2 is 2.00 bits per heavy atom. The second-order valence-electron chi connectivity index (χ2n) is 5.19. The van der Waals surface area contributed by atoms with Crippen molar-refractivity contribution in [2.24, 2.45) is 5.92 Å². The van der Waals surface area contributed by atoms with Crippen LogP contribution in [0, 0.1) is 5.92 Å². The number of ether oxygens (including phenoxy) is 1. The molecule has 1 N–H and O–H groups in total. The van der Waals surface area contributed by atoms with Gasteiger partial charge in [-0.15, -0.1) is 0 Å². The third-order valence-corrected chi connectivity index (χ3v) is 4.14. The highest BCUT2D eigenvalue weighted by Gasteiger charge is 2.25. The van der Waals surface area contributed by atoms with E-state index in [2.05, 4.69) is 38.1 Å². The zero-order chi connectivity index (χ0) is 13.0.